The number of nitrogens with zero attached hydrogens (tertiary/aromatic N) is 2. The molecule has 3 aliphatic heterocycles. The van der Waals surface area contributed by atoms with Crippen LogP contribution in [-0.4, -0.2) is 52.8 Å². The number of aliphatic hydroxyl groups is 1. The molecule has 3 heterocycles. The number of rotatable bonds is 4. The van der Waals surface area contributed by atoms with Gasteiger partial charge in [0.25, 0.3) is 0 Å². The summed E-state index contributed by atoms with van der Waals surface area (Å²) in [5, 5.41) is 11.7. The second-order valence-electron chi connectivity index (χ2n) is 8.26. The monoisotopic (exact) mass is 366 g/mol. The van der Waals surface area contributed by atoms with Crippen molar-refractivity contribution in [2.75, 3.05) is 26.3 Å². The summed E-state index contributed by atoms with van der Waals surface area (Å²) in [6.45, 7) is 12.0. The van der Waals surface area contributed by atoms with Crippen molar-refractivity contribution in [1.29, 1.82) is 0 Å². The van der Waals surface area contributed by atoms with Gasteiger partial charge in [0.1, 0.15) is 0 Å². The van der Waals surface area contributed by atoms with Crippen LogP contribution in [0, 0.1) is 11.8 Å². The van der Waals surface area contributed by atoms with E-state index < -0.39 is 13.2 Å². The van der Waals surface area contributed by atoms with E-state index in [-0.39, 0.29) is 0 Å². The van der Waals surface area contributed by atoms with Crippen LogP contribution >= 0.6 is 7.36 Å². The first kappa shape index (κ1) is 17.8. The molecule has 0 aliphatic carbocycles. The van der Waals surface area contributed by atoms with Crippen molar-refractivity contribution in [2.24, 2.45) is 11.8 Å². The van der Waals surface area contributed by atoms with E-state index in [4.69, 9.17) is 9.05 Å². The zero-order chi connectivity index (χ0) is 17.8. The van der Waals surface area contributed by atoms with Gasteiger partial charge in [-0.3, -0.25) is 0 Å². The van der Waals surface area contributed by atoms with Crippen LogP contribution in [0.3, 0.4) is 0 Å². The van der Waals surface area contributed by atoms with E-state index in [0.717, 1.165) is 18.7 Å². The third-order valence-corrected chi connectivity index (χ3v) is 11.6. The van der Waals surface area contributed by atoms with Crippen molar-refractivity contribution in [3.05, 3.63) is 35.9 Å². The third kappa shape index (κ3) is 2.17. The van der Waals surface area contributed by atoms with Gasteiger partial charge in [-0.05, 0) is 0 Å². The molecule has 0 aromatic heterocycles. The van der Waals surface area contributed by atoms with Gasteiger partial charge in [0.15, 0.2) is 0 Å². The SMILES string of the molecule is CC(C)[C@H]1COP23([C@@H](O)c4ccccc4)OC[C@H](C(C)C)N2CCN13. The Morgan fingerprint density at radius 2 is 1.40 bits per heavy atom. The molecule has 3 fully saturated rings. The first-order chi connectivity index (χ1) is 11.9. The minimum atomic E-state index is -3.49. The van der Waals surface area contributed by atoms with Crippen molar-refractivity contribution < 1.29 is 14.2 Å². The van der Waals surface area contributed by atoms with Crippen LogP contribution < -0.4 is 0 Å². The average Bonchev–Trinajstić information content (AvgIpc) is 3.20. The van der Waals surface area contributed by atoms with E-state index in [1.54, 1.807) is 0 Å². The Labute approximate surface area is 151 Å². The summed E-state index contributed by atoms with van der Waals surface area (Å²) in [5.74, 6) is 0.180. The maximum absolute atomic E-state index is 11.7. The van der Waals surface area contributed by atoms with E-state index in [1.807, 2.05) is 30.3 Å². The van der Waals surface area contributed by atoms with Crippen LogP contribution in [0.15, 0.2) is 30.3 Å². The van der Waals surface area contributed by atoms with E-state index in [2.05, 4.69) is 37.0 Å². The van der Waals surface area contributed by atoms with E-state index in [9.17, 15) is 5.11 Å². The Hall–Kier alpha value is -0.550. The van der Waals surface area contributed by atoms with Gasteiger partial charge < -0.3 is 0 Å². The van der Waals surface area contributed by atoms with Gasteiger partial charge in [0.2, 0.25) is 0 Å². The van der Waals surface area contributed by atoms with Gasteiger partial charge in [0, 0.05) is 0 Å². The molecule has 140 valence electrons. The topological polar surface area (TPSA) is 45.2 Å². The van der Waals surface area contributed by atoms with Crippen molar-refractivity contribution in [1.82, 2.24) is 9.34 Å². The number of benzene rings is 1. The molecular weight excluding hydrogens is 335 g/mol. The molecule has 1 spiro atoms. The fraction of sp³-hybridized carbons (Fsp3) is 0.684. The predicted molar refractivity (Wildman–Crippen MR) is 101 cm³/mol. The molecule has 3 saturated heterocycles. The Morgan fingerprint density at radius 3 is 1.84 bits per heavy atom. The van der Waals surface area contributed by atoms with E-state index >= 15 is 0 Å². The maximum atomic E-state index is 11.7. The van der Waals surface area contributed by atoms with Crippen molar-refractivity contribution in [2.45, 2.75) is 45.6 Å². The van der Waals surface area contributed by atoms with Crippen molar-refractivity contribution in [3.63, 3.8) is 0 Å². The Balaban J connectivity index is 1.86. The number of hydrogen-bond acceptors (Lipinski definition) is 5. The van der Waals surface area contributed by atoms with Crippen LogP contribution in [0.5, 0.6) is 0 Å². The summed E-state index contributed by atoms with van der Waals surface area (Å²) in [5.41, 5.74) is 0.894. The van der Waals surface area contributed by atoms with Crippen molar-refractivity contribution >= 4 is 7.36 Å². The zero-order valence-corrected chi connectivity index (χ0v) is 16.6. The fourth-order valence-electron chi connectivity index (χ4n) is 4.91. The molecule has 6 heteroatoms. The zero-order valence-electron chi connectivity index (χ0n) is 15.7. The average molecular weight is 366 g/mol. The van der Waals surface area contributed by atoms with Crippen LogP contribution in [-0.2, 0) is 9.05 Å². The minimum absolute atomic E-state index is 0.298. The molecule has 0 bridgehead atoms. The fourth-order valence-corrected chi connectivity index (χ4v) is 10.9. The Morgan fingerprint density at radius 1 is 0.920 bits per heavy atom. The Bertz CT molecular complexity index is 607. The molecule has 0 unspecified atom stereocenters. The van der Waals surface area contributed by atoms with Crippen LogP contribution in [0.4, 0.5) is 0 Å². The normalized spacial score (nSPS) is 34.0. The summed E-state index contributed by atoms with van der Waals surface area (Å²) in [6, 6.07) is 10.5. The Kier molecular flexibility index (Phi) is 4.27. The molecule has 25 heavy (non-hydrogen) atoms. The molecule has 0 radical (unpaired) electrons. The molecule has 1 N–H and O–H groups in total. The first-order valence-corrected chi connectivity index (χ1v) is 11.5. The van der Waals surface area contributed by atoms with Gasteiger partial charge >= 0.3 is 151 Å². The van der Waals surface area contributed by atoms with Gasteiger partial charge in [0.05, 0.1) is 0 Å². The molecule has 3 aliphatic rings. The van der Waals surface area contributed by atoms with Crippen LogP contribution in [0.1, 0.15) is 39.1 Å². The second-order valence-corrected chi connectivity index (χ2v) is 12.2. The molecule has 1 aromatic rings. The van der Waals surface area contributed by atoms with Gasteiger partial charge in [-0.2, -0.15) is 0 Å². The van der Waals surface area contributed by atoms with Crippen LogP contribution in [0.2, 0.25) is 0 Å². The summed E-state index contributed by atoms with van der Waals surface area (Å²) < 4.78 is 18.2. The molecular formula is C19H31N2O3P. The second kappa shape index (κ2) is 5.98. The first-order valence-electron chi connectivity index (χ1n) is 9.50. The molecule has 0 amide bonds. The van der Waals surface area contributed by atoms with Gasteiger partial charge in [-0.15, -0.1) is 0 Å². The quantitative estimate of drug-likeness (QED) is 0.825. The molecule has 1 aromatic carbocycles. The predicted octanol–water partition coefficient (Wildman–Crippen LogP) is 3.62. The standard InChI is InChI=1S/C19H31N2O3P/c1-14(2)17-12-23-25(19(22)16-8-6-5-7-9-16)20(17)10-11-21(25)18(13-24-25)15(3)4/h5-9,14-15,17-19,22H,10-13H2,1-4H3/t17-,18-,19-/m1/s1. The number of aliphatic hydroxyl groups excluding tert-OH is 1. The molecule has 5 nitrogen and oxygen atoms in total. The summed E-state index contributed by atoms with van der Waals surface area (Å²) >= 11 is 0. The third-order valence-electron chi connectivity index (χ3n) is 6.30. The van der Waals surface area contributed by atoms with E-state index in [0.29, 0.717) is 37.1 Å². The van der Waals surface area contributed by atoms with Crippen LogP contribution in [0.25, 0.3) is 0 Å². The van der Waals surface area contributed by atoms with Gasteiger partial charge in [-0.25, -0.2) is 0 Å². The number of hydrogen-bond donors (Lipinski definition) is 1. The van der Waals surface area contributed by atoms with Crippen molar-refractivity contribution in [3.8, 4) is 0 Å². The van der Waals surface area contributed by atoms with Gasteiger partial charge in [-0.1, -0.05) is 0 Å². The summed E-state index contributed by atoms with van der Waals surface area (Å²) in [6.07, 6.45) is 0. The summed E-state index contributed by atoms with van der Waals surface area (Å²) in [4.78, 5) is 0. The summed E-state index contributed by atoms with van der Waals surface area (Å²) in [7, 11) is -3.49. The molecule has 0 saturated carbocycles. The molecule has 4 rings (SSSR count). The molecule has 3 atom stereocenters. The van der Waals surface area contributed by atoms with E-state index in [1.165, 1.54) is 0 Å².